The van der Waals surface area contributed by atoms with Gasteiger partial charge >= 0.3 is 0 Å². The highest BCUT2D eigenvalue weighted by atomic mass is 79.9. The lowest BCUT2D eigenvalue weighted by Crippen LogP contribution is -2.39. The molecule has 0 aliphatic heterocycles. The number of rotatable bonds is 5. The second-order valence-electron chi connectivity index (χ2n) is 4.86. The third-order valence-electron chi connectivity index (χ3n) is 3.23. The molecule has 0 saturated heterocycles. The van der Waals surface area contributed by atoms with Crippen LogP contribution in [0, 0.1) is 0 Å². The quantitative estimate of drug-likeness (QED) is 0.869. The molecule has 1 aromatic carbocycles. The summed E-state index contributed by atoms with van der Waals surface area (Å²) in [6.45, 7) is 3.88. The predicted molar refractivity (Wildman–Crippen MR) is 88.0 cm³/mol. The molecule has 2 rings (SSSR count). The highest BCUT2D eigenvalue weighted by molar-refractivity contribution is 9.10. The zero-order valence-corrected chi connectivity index (χ0v) is 13.6. The molecule has 0 unspecified atom stereocenters. The molecular weight excluding hydrogens is 330 g/mol. The van der Waals surface area contributed by atoms with Crippen LogP contribution in [0.1, 0.15) is 25.5 Å². The Kier molecular flexibility index (Phi) is 5.47. The van der Waals surface area contributed by atoms with Gasteiger partial charge in [-0.05, 0) is 59.6 Å². The summed E-state index contributed by atoms with van der Waals surface area (Å²) in [5.41, 5.74) is 1.87. The van der Waals surface area contributed by atoms with Gasteiger partial charge in [-0.2, -0.15) is 0 Å². The van der Waals surface area contributed by atoms with Crippen molar-refractivity contribution in [1.29, 1.82) is 0 Å². The minimum Gasteiger partial charge on any atom is -0.324 e. The van der Waals surface area contributed by atoms with Gasteiger partial charge in [0.1, 0.15) is 0 Å². The van der Waals surface area contributed by atoms with Crippen LogP contribution in [0.15, 0.2) is 53.3 Å². The Labute approximate surface area is 133 Å². The van der Waals surface area contributed by atoms with E-state index in [0.717, 1.165) is 15.7 Å². The first kappa shape index (κ1) is 15.7. The second kappa shape index (κ2) is 7.33. The van der Waals surface area contributed by atoms with Crippen LogP contribution < -0.4 is 10.6 Å². The number of hydrogen-bond acceptors (Lipinski definition) is 3. The molecule has 0 fully saturated rings. The number of nitrogens with one attached hydrogen (secondary N) is 2. The fourth-order valence-electron chi connectivity index (χ4n) is 2.00. The molecule has 5 heteroatoms. The minimum atomic E-state index is -0.305. The number of halogens is 1. The van der Waals surface area contributed by atoms with Gasteiger partial charge in [0, 0.05) is 22.9 Å². The Morgan fingerprint density at radius 3 is 2.48 bits per heavy atom. The molecule has 2 N–H and O–H groups in total. The lowest BCUT2D eigenvalue weighted by atomic mass is 10.1. The highest BCUT2D eigenvalue weighted by Crippen LogP contribution is 2.21. The molecular formula is C16H18BrN3O. The summed E-state index contributed by atoms with van der Waals surface area (Å²) in [7, 11) is 0. The van der Waals surface area contributed by atoms with Crippen LogP contribution in [0.3, 0.4) is 0 Å². The average Bonchev–Trinajstić information content (AvgIpc) is 2.50. The van der Waals surface area contributed by atoms with E-state index in [1.165, 1.54) is 0 Å². The third kappa shape index (κ3) is 4.37. The fourth-order valence-corrected chi connectivity index (χ4v) is 2.39. The van der Waals surface area contributed by atoms with E-state index in [1.54, 1.807) is 12.4 Å². The van der Waals surface area contributed by atoms with E-state index in [9.17, 15) is 4.79 Å². The van der Waals surface area contributed by atoms with Crippen LogP contribution in [0.2, 0.25) is 0 Å². The van der Waals surface area contributed by atoms with Gasteiger partial charge in [-0.15, -0.1) is 0 Å². The summed E-state index contributed by atoms with van der Waals surface area (Å²) in [5, 5.41) is 6.19. The van der Waals surface area contributed by atoms with Crippen molar-refractivity contribution in [2.24, 2.45) is 0 Å². The van der Waals surface area contributed by atoms with Gasteiger partial charge in [0.25, 0.3) is 0 Å². The predicted octanol–water partition coefficient (Wildman–Crippen LogP) is 3.52. The summed E-state index contributed by atoms with van der Waals surface area (Å²) in [4.78, 5) is 16.2. The number of amides is 1. The normalized spacial score (nSPS) is 13.5. The number of aromatic nitrogens is 1. The number of anilines is 1. The van der Waals surface area contributed by atoms with Crippen LogP contribution in [-0.4, -0.2) is 16.9 Å². The van der Waals surface area contributed by atoms with Crippen molar-refractivity contribution in [2.45, 2.75) is 25.9 Å². The van der Waals surface area contributed by atoms with E-state index in [1.807, 2.05) is 50.2 Å². The molecule has 0 spiro atoms. The van der Waals surface area contributed by atoms with E-state index < -0.39 is 0 Å². The largest absolute Gasteiger partial charge is 0.324 e. The Balaban J connectivity index is 1.95. The maximum atomic E-state index is 12.2. The molecule has 0 aliphatic carbocycles. The second-order valence-corrected chi connectivity index (χ2v) is 5.71. The molecule has 2 aromatic rings. The number of carbonyl (C=O) groups excluding carboxylic acids is 1. The van der Waals surface area contributed by atoms with Crippen LogP contribution >= 0.6 is 15.9 Å². The first-order chi connectivity index (χ1) is 10.1. The van der Waals surface area contributed by atoms with E-state index in [2.05, 4.69) is 31.5 Å². The summed E-state index contributed by atoms with van der Waals surface area (Å²) in [6, 6.07) is 11.2. The average molecular weight is 348 g/mol. The molecule has 2 atom stereocenters. The van der Waals surface area contributed by atoms with Crippen LogP contribution in [0.5, 0.6) is 0 Å². The van der Waals surface area contributed by atoms with Crippen LogP contribution in [0.4, 0.5) is 5.69 Å². The van der Waals surface area contributed by atoms with Crippen molar-refractivity contribution in [3.63, 3.8) is 0 Å². The first-order valence-corrected chi connectivity index (χ1v) is 7.58. The number of pyridine rings is 1. The van der Waals surface area contributed by atoms with Crippen molar-refractivity contribution in [3.05, 3.63) is 58.8 Å². The van der Waals surface area contributed by atoms with Crippen molar-refractivity contribution < 1.29 is 4.79 Å². The van der Waals surface area contributed by atoms with E-state index in [4.69, 9.17) is 0 Å². The van der Waals surface area contributed by atoms with E-state index >= 15 is 0 Å². The molecule has 110 valence electrons. The molecule has 1 amide bonds. The monoisotopic (exact) mass is 347 g/mol. The van der Waals surface area contributed by atoms with Gasteiger partial charge in [-0.1, -0.05) is 12.1 Å². The summed E-state index contributed by atoms with van der Waals surface area (Å²) >= 11 is 3.42. The molecule has 0 saturated carbocycles. The standard InChI is InChI=1S/C16H18BrN3O/c1-11(13-7-9-18-10-8-13)19-12(2)16(21)20-15-6-4-3-5-14(15)17/h3-12,19H,1-2H3,(H,20,21)/t11-,12+/m0/s1. The first-order valence-electron chi connectivity index (χ1n) is 6.79. The van der Waals surface area contributed by atoms with Crippen molar-refractivity contribution >= 4 is 27.5 Å². The molecule has 1 heterocycles. The minimum absolute atomic E-state index is 0.0668. The van der Waals surface area contributed by atoms with Crippen molar-refractivity contribution in [3.8, 4) is 0 Å². The molecule has 0 radical (unpaired) electrons. The maximum Gasteiger partial charge on any atom is 0.241 e. The SMILES string of the molecule is C[C@H](N[C@H](C)C(=O)Nc1ccccc1Br)c1ccncc1. The molecule has 4 nitrogen and oxygen atoms in total. The Hall–Kier alpha value is -1.72. The number of nitrogens with zero attached hydrogens (tertiary/aromatic N) is 1. The summed E-state index contributed by atoms with van der Waals surface area (Å²) in [6.07, 6.45) is 3.50. The molecule has 0 aliphatic rings. The Morgan fingerprint density at radius 1 is 1.14 bits per heavy atom. The van der Waals surface area contributed by atoms with Gasteiger partial charge in [-0.3, -0.25) is 15.1 Å². The van der Waals surface area contributed by atoms with E-state index in [0.29, 0.717) is 0 Å². The number of hydrogen-bond donors (Lipinski definition) is 2. The van der Waals surface area contributed by atoms with Gasteiger partial charge in [0.05, 0.1) is 11.7 Å². The van der Waals surface area contributed by atoms with Gasteiger partial charge in [0.15, 0.2) is 0 Å². The van der Waals surface area contributed by atoms with Crippen LogP contribution in [-0.2, 0) is 4.79 Å². The molecule has 1 aromatic heterocycles. The zero-order valence-electron chi connectivity index (χ0n) is 12.0. The molecule has 0 bridgehead atoms. The number of carbonyl (C=O) groups is 1. The highest BCUT2D eigenvalue weighted by Gasteiger charge is 2.16. The van der Waals surface area contributed by atoms with Crippen molar-refractivity contribution in [2.75, 3.05) is 5.32 Å². The van der Waals surface area contributed by atoms with Crippen molar-refractivity contribution in [1.82, 2.24) is 10.3 Å². The smallest absolute Gasteiger partial charge is 0.241 e. The number of para-hydroxylation sites is 1. The van der Waals surface area contributed by atoms with Crippen LogP contribution in [0.25, 0.3) is 0 Å². The fraction of sp³-hybridized carbons (Fsp3) is 0.250. The summed E-state index contributed by atoms with van der Waals surface area (Å²) < 4.78 is 0.868. The van der Waals surface area contributed by atoms with Gasteiger partial charge in [-0.25, -0.2) is 0 Å². The zero-order chi connectivity index (χ0) is 15.2. The lowest BCUT2D eigenvalue weighted by molar-refractivity contribution is -0.117. The lowest BCUT2D eigenvalue weighted by Gasteiger charge is -2.20. The Morgan fingerprint density at radius 2 is 1.81 bits per heavy atom. The maximum absolute atomic E-state index is 12.2. The summed E-state index contributed by atoms with van der Waals surface area (Å²) in [5.74, 6) is -0.0668. The topological polar surface area (TPSA) is 54.0 Å². The molecule has 21 heavy (non-hydrogen) atoms. The van der Waals surface area contributed by atoms with E-state index in [-0.39, 0.29) is 18.0 Å². The van der Waals surface area contributed by atoms with Gasteiger partial charge in [0.2, 0.25) is 5.91 Å². The third-order valence-corrected chi connectivity index (χ3v) is 3.92. The number of benzene rings is 1. The van der Waals surface area contributed by atoms with Gasteiger partial charge < -0.3 is 5.32 Å². The Bertz CT molecular complexity index is 603.